The summed E-state index contributed by atoms with van der Waals surface area (Å²) in [5.74, 6) is 0.208. The number of rotatable bonds is 5. The average Bonchev–Trinajstić information content (AvgIpc) is 2.95. The zero-order valence-electron chi connectivity index (χ0n) is 14.2. The number of carbonyl (C=O) groups is 2. The van der Waals surface area contributed by atoms with Crippen LogP contribution in [0, 0.1) is 0 Å². The van der Waals surface area contributed by atoms with E-state index < -0.39 is 6.04 Å². The topological polar surface area (TPSA) is 67.4 Å². The molecule has 3 rings (SSSR count). The van der Waals surface area contributed by atoms with Gasteiger partial charge in [-0.15, -0.1) is 11.3 Å². The molecule has 2 aromatic rings. The summed E-state index contributed by atoms with van der Waals surface area (Å²) in [4.78, 5) is 26.3. The molecule has 2 N–H and O–H groups in total. The highest BCUT2D eigenvalue weighted by atomic mass is 32.1. The van der Waals surface area contributed by atoms with E-state index in [0.717, 1.165) is 23.3 Å². The van der Waals surface area contributed by atoms with Gasteiger partial charge in [0, 0.05) is 11.4 Å². The fourth-order valence-electron chi connectivity index (χ4n) is 2.84. The Labute approximate surface area is 151 Å². The number of hydrogen-bond donors (Lipinski definition) is 2. The van der Waals surface area contributed by atoms with Crippen molar-refractivity contribution in [1.82, 2.24) is 10.6 Å². The molecule has 1 aromatic carbocycles. The van der Waals surface area contributed by atoms with E-state index in [1.54, 1.807) is 0 Å². The van der Waals surface area contributed by atoms with Gasteiger partial charge in [0.2, 0.25) is 5.91 Å². The largest absolute Gasteiger partial charge is 0.492 e. The van der Waals surface area contributed by atoms with Crippen LogP contribution in [0.2, 0.25) is 0 Å². The Morgan fingerprint density at radius 2 is 2.12 bits per heavy atom. The Bertz CT molecular complexity index is 742. The lowest BCUT2D eigenvalue weighted by Crippen LogP contribution is -2.45. The number of benzene rings is 1. The van der Waals surface area contributed by atoms with Crippen molar-refractivity contribution in [2.24, 2.45) is 0 Å². The first-order valence-electron chi connectivity index (χ1n) is 8.59. The molecule has 0 radical (unpaired) electrons. The Hall–Kier alpha value is -2.34. The smallest absolute Gasteiger partial charge is 0.265 e. The lowest BCUT2D eigenvalue weighted by molar-refractivity contribution is -0.122. The van der Waals surface area contributed by atoms with Gasteiger partial charge in [-0.05, 0) is 37.8 Å². The number of ether oxygens (including phenoxy) is 1. The molecule has 1 saturated heterocycles. The van der Waals surface area contributed by atoms with Gasteiger partial charge < -0.3 is 15.4 Å². The molecule has 25 heavy (non-hydrogen) atoms. The zero-order chi connectivity index (χ0) is 17.6. The molecule has 132 valence electrons. The first-order valence-corrected chi connectivity index (χ1v) is 9.41. The molecule has 0 aliphatic carbocycles. The number of nitrogens with one attached hydrogen (secondary N) is 2. The van der Waals surface area contributed by atoms with Gasteiger partial charge in [-0.3, -0.25) is 9.59 Å². The van der Waals surface area contributed by atoms with Gasteiger partial charge >= 0.3 is 0 Å². The Kier molecular flexibility index (Phi) is 5.71. The van der Waals surface area contributed by atoms with E-state index in [1.165, 1.54) is 11.3 Å². The van der Waals surface area contributed by atoms with Gasteiger partial charge in [0.25, 0.3) is 5.91 Å². The summed E-state index contributed by atoms with van der Waals surface area (Å²) in [5, 5.41) is 5.71. The van der Waals surface area contributed by atoms with Crippen LogP contribution in [0.1, 0.15) is 35.9 Å². The fourth-order valence-corrected chi connectivity index (χ4v) is 3.85. The van der Waals surface area contributed by atoms with E-state index in [2.05, 4.69) is 10.6 Å². The van der Waals surface area contributed by atoms with Crippen LogP contribution in [0.25, 0.3) is 10.4 Å². The molecule has 1 atom stereocenters. The lowest BCUT2D eigenvalue weighted by Gasteiger charge is -2.15. The molecular weight excluding hydrogens is 336 g/mol. The number of carbonyl (C=O) groups excluding carboxylic acids is 2. The Morgan fingerprint density at radius 3 is 2.88 bits per heavy atom. The first-order chi connectivity index (χ1) is 12.2. The third kappa shape index (κ3) is 4.20. The molecular formula is C19H22N2O3S. The molecule has 1 unspecified atom stereocenters. The van der Waals surface area contributed by atoms with E-state index in [-0.39, 0.29) is 11.8 Å². The molecule has 6 heteroatoms. The summed E-state index contributed by atoms with van der Waals surface area (Å²) in [6.07, 6.45) is 2.53. The minimum absolute atomic E-state index is 0.108. The molecule has 2 amide bonds. The summed E-state index contributed by atoms with van der Waals surface area (Å²) in [7, 11) is 0. The van der Waals surface area contributed by atoms with Crippen LogP contribution in [0.5, 0.6) is 5.75 Å². The fraction of sp³-hybridized carbons (Fsp3) is 0.368. The lowest BCUT2D eigenvalue weighted by atomic mass is 10.1. The monoisotopic (exact) mass is 358 g/mol. The van der Waals surface area contributed by atoms with Crippen LogP contribution in [0.3, 0.4) is 0 Å². The van der Waals surface area contributed by atoms with Crippen molar-refractivity contribution in [3.8, 4) is 16.2 Å². The number of thiophene rings is 1. The summed E-state index contributed by atoms with van der Waals surface area (Å²) in [5.41, 5.74) is 1.04. The van der Waals surface area contributed by atoms with Crippen molar-refractivity contribution in [3.63, 3.8) is 0 Å². The minimum Gasteiger partial charge on any atom is -0.492 e. The summed E-state index contributed by atoms with van der Waals surface area (Å²) in [6, 6.07) is 11.3. The molecule has 0 spiro atoms. The number of amides is 2. The van der Waals surface area contributed by atoms with E-state index in [1.807, 2.05) is 43.3 Å². The highest BCUT2D eigenvalue weighted by Gasteiger charge is 2.26. The first kappa shape index (κ1) is 17.5. The van der Waals surface area contributed by atoms with E-state index in [9.17, 15) is 9.59 Å². The van der Waals surface area contributed by atoms with Crippen LogP contribution in [-0.2, 0) is 4.79 Å². The number of hydrogen-bond acceptors (Lipinski definition) is 4. The van der Waals surface area contributed by atoms with Crippen molar-refractivity contribution >= 4 is 23.2 Å². The summed E-state index contributed by atoms with van der Waals surface area (Å²) in [6.45, 7) is 3.04. The molecule has 0 bridgehead atoms. The molecule has 5 nitrogen and oxygen atoms in total. The van der Waals surface area contributed by atoms with Crippen LogP contribution < -0.4 is 15.4 Å². The maximum Gasteiger partial charge on any atom is 0.265 e. The second kappa shape index (κ2) is 8.16. The Balaban J connectivity index is 1.83. The molecule has 1 aliphatic rings. The predicted octanol–water partition coefficient (Wildman–Crippen LogP) is 3.21. The van der Waals surface area contributed by atoms with Crippen LogP contribution in [-0.4, -0.2) is 31.0 Å². The average molecular weight is 358 g/mol. The van der Waals surface area contributed by atoms with Crippen LogP contribution >= 0.6 is 11.3 Å². The van der Waals surface area contributed by atoms with Crippen molar-refractivity contribution in [2.45, 2.75) is 32.2 Å². The van der Waals surface area contributed by atoms with Gasteiger partial charge in [-0.25, -0.2) is 0 Å². The quantitative estimate of drug-likeness (QED) is 0.862. The minimum atomic E-state index is -0.480. The third-order valence-corrected chi connectivity index (χ3v) is 5.27. The van der Waals surface area contributed by atoms with E-state index in [0.29, 0.717) is 30.2 Å². The van der Waals surface area contributed by atoms with Gasteiger partial charge in [-0.2, -0.15) is 0 Å². The van der Waals surface area contributed by atoms with Crippen molar-refractivity contribution in [3.05, 3.63) is 41.3 Å². The summed E-state index contributed by atoms with van der Waals surface area (Å²) >= 11 is 1.39. The van der Waals surface area contributed by atoms with Crippen molar-refractivity contribution in [1.29, 1.82) is 0 Å². The molecule has 0 saturated carbocycles. The van der Waals surface area contributed by atoms with Gasteiger partial charge in [0.05, 0.1) is 6.61 Å². The second-order valence-electron chi connectivity index (χ2n) is 5.92. The predicted molar refractivity (Wildman–Crippen MR) is 99.0 cm³/mol. The van der Waals surface area contributed by atoms with E-state index >= 15 is 0 Å². The van der Waals surface area contributed by atoms with Gasteiger partial charge in [0.15, 0.2) is 0 Å². The summed E-state index contributed by atoms with van der Waals surface area (Å²) < 4.78 is 5.65. The Morgan fingerprint density at radius 1 is 1.32 bits per heavy atom. The maximum absolute atomic E-state index is 12.8. The highest BCUT2D eigenvalue weighted by molar-refractivity contribution is 7.17. The zero-order valence-corrected chi connectivity index (χ0v) is 15.0. The van der Waals surface area contributed by atoms with Crippen LogP contribution in [0.15, 0.2) is 36.4 Å². The van der Waals surface area contributed by atoms with E-state index in [4.69, 9.17) is 4.74 Å². The SMILES string of the molecule is CCOc1cc(-c2ccccc2)sc1C(=O)NC1CCCCNC1=O. The normalized spacial score (nSPS) is 17.5. The van der Waals surface area contributed by atoms with Crippen molar-refractivity contribution in [2.75, 3.05) is 13.2 Å². The molecule has 1 aliphatic heterocycles. The van der Waals surface area contributed by atoms with Crippen LogP contribution in [0.4, 0.5) is 0 Å². The molecule has 1 fully saturated rings. The molecule has 2 heterocycles. The highest BCUT2D eigenvalue weighted by Crippen LogP contribution is 2.36. The second-order valence-corrected chi connectivity index (χ2v) is 6.97. The standard InChI is InChI=1S/C19H22N2O3S/c1-2-24-15-12-16(13-8-4-3-5-9-13)25-17(15)19(23)21-14-10-6-7-11-20-18(14)22/h3-5,8-9,12,14H,2,6-7,10-11H2,1H3,(H,20,22)(H,21,23). The third-order valence-electron chi connectivity index (χ3n) is 4.10. The maximum atomic E-state index is 12.8. The van der Waals surface area contributed by atoms with Gasteiger partial charge in [0.1, 0.15) is 16.7 Å². The van der Waals surface area contributed by atoms with Crippen molar-refractivity contribution < 1.29 is 14.3 Å². The molecule has 1 aromatic heterocycles. The van der Waals surface area contributed by atoms with Gasteiger partial charge in [-0.1, -0.05) is 30.3 Å².